The van der Waals surface area contributed by atoms with Crippen LogP contribution in [0.4, 0.5) is 0 Å². The number of hydrogen-bond acceptors (Lipinski definition) is 1. The zero-order valence-electron chi connectivity index (χ0n) is 10.4. The SMILES string of the molecule is CNC(C)c1ccc(-c2cccc(Cl)c2Cl)cc1. The third-order valence-electron chi connectivity index (χ3n) is 3.11. The van der Waals surface area contributed by atoms with Gasteiger partial charge in [0.1, 0.15) is 0 Å². The Balaban J connectivity index is 2.37. The van der Waals surface area contributed by atoms with Gasteiger partial charge in [-0.25, -0.2) is 0 Å². The van der Waals surface area contributed by atoms with E-state index in [9.17, 15) is 0 Å². The molecule has 2 aromatic carbocycles. The van der Waals surface area contributed by atoms with Crippen LogP contribution in [0, 0.1) is 0 Å². The van der Waals surface area contributed by atoms with E-state index in [1.54, 1.807) is 6.07 Å². The van der Waals surface area contributed by atoms with Crippen molar-refractivity contribution in [2.75, 3.05) is 7.05 Å². The fourth-order valence-corrected chi connectivity index (χ4v) is 2.25. The zero-order valence-corrected chi connectivity index (χ0v) is 11.9. The van der Waals surface area contributed by atoms with E-state index in [1.165, 1.54) is 5.56 Å². The minimum Gasteiger partial charge on any atom is -0.313 e. The Kier molecular flexibility index (Phi) is 4.28. The van der Waals surface area contributed by atoms with Gasteiger partial charge >= 0.3 is 0 Å². The van der Waals surface area contributed by atoms with Crippen molar-refractivity contribution in [2.45, 2.75) is 13.0 Å². The molecule has 0 amide bonds. The first kappa shape index (κ1) is 13.4. The molecular formula is C15H15Cl2N. The van der Waals surface area contributed by atoms with Gasteiger partial charge in [-0.2, -0.15) is 0 Å². The second-order valence-corrected chi connectivity index (χ2v) is 5.02. The molecule has 0 fully saturated rings. The summed E-state index contributed by atoms with van der Waals surface area (Å²) in [6, 6.07) is 14.4. The van der Waals surface area contributed by atoms with E-state index in [1.807, 2.05) is 19.2 Å². The first-order valence-electron chi connectivity index (χ1n) is 5.85. The van der Waals surface area contributed by atoms with Crippen LogP contribution in [0.2, 0.25) is 10.0 Å². The summed E-state index contributed by atoms with van der Waals surface area (Å²) in [5.41, 5.74) is 3.29. The predicted molar refractivity (Wildman–Crippen MR) is 79.4 cm³/mol. The van der Waals surface area contributed by atoms with Crippen LogP contribution >= 0.6 is 23.2 Å². The van der Waals surface area contributed by atoms with Crippen LogP contribution in [-0.4, -0.2) is 7.05 Å². The van der Waals surface area contributed by atoms with Crippen LogP contribution in [-0.2, 0) is 0 Å². The third kappa shape index (κ3) is 2.69. The van der Waals surface area contributed by atoms with Crippen molar-refractivity contribution in [3.8, 4) is 11.1 Å². The molecule has 1 unspecified atom stereocenters. The van der Waals surface area contributed by atoms with E-state index >= 15 is 0 Å². The highest BCUT2D eigenvalue weighted by atomic mass is 35.5. The van der Waals surface area contributed by atoms with Gasteiger partial charge in [0.15, 0.2) is 0 Å². The summed E-state index contributed by atoms with van der Waals surface area (Å²) in [6.07, 6.45) is 0. The normalized spacial score (nSPS) is 12.4. The Morgan fingerprint density at radius 3 is 2.28 bits per heavy atom. The number of nitrogens with one attached hydrogen (secondary N) is 1. The smallest absolute Gasteiger partial charge is 0.0670 e. The van der Waals surface area contributed by atoms with Crippen LogP contribution < -0.4 is 5.32 Å². The summed E-state index contributed by atoms with van der Waals surface area (Å²) in [7, 11) is 1.95. The largest absolute Gasteiger partial charge is 0.313 e. The van der Waals surface area contributed by atoms with Crippen LogP contribution in [0.25, 0.3) is 11.1 Å². The van der Waals surface area contributed by atoms with Gasteiger partial charge in [-0.3, -0.25) is 0 Å². The molecule has 0 spiro atoms. The van der Waals surface area contributed by atoms with Crippen molar-refractivity contribution in [3.63, 3.8) is 0 Å². The highest BCUT2D eigenvalue weighted by Gasteiger charge is 2.07. The Hall–Kier alpha value is -1.02. The molecule has 0 aliphatic carbocycles. The average Bonchev–Trinajstić information content (AvgIpc) is 2.41. The molecule has 1 nitrogen and oxygen atoms in total. The topological polar surface area (TPSA) is 12.0 Å². The maximum absolute atomic E-state index is 6.21. The van der Waals surface area contributed by atoms with Gasteiger partial charge in [0.05, 0.1) is 10.0 Å². The van der Waals surface area contributed by atoms with Crippen molar-refractivity contribution >= 4 is 23.2 Å². The van der Waals surface area contributed by atoms with Crippen molar-refractivity contribution in [2.24, 2.45) is 0 Å². The lowest BCUT2D eigenvalue weighted by atomic mass is 10.0. The second-order valence-electron chi connectivity index (χ2n) is 4.23. The highest BCUT2D eigenvalue weighted by Crippen LogP contribution is 2.33. The monoisotopic (exact) mass is 279 g/mol. The van der Waals surface area contributed by atoms with E-state index in [2.05, 4.69) is 36.5 Å². The van der Waals surface area contributed by atoms with Gasteiger partial charge in [0.25, 0.3) is 0 Å². The summed E-state index contributed by atoms with van der Waals surface area (Å²) in [4.78, 5) is 0. The van der Waals surface area contributed by atoms with Crippen LogP contribution in [0.1, 0.15) is 18.5 Å². The maximum Gasteiger partial charge on any atom is 0.0670 e. The fourth-order valence-electron chi connectivity index (χ4n) is 1.84. The van der Waals surface area contributed by atoms with Crippen LogP contribution in [0.5, 0.6) is 0 Å². The highest BCUT2D eigenvalue weighted by molar-refractivity contribution is 6.43. The summed E-state index contributed by atoms with van der Waals surface area (Å²) in [6.45, 7) is 2.13. The lowest BCUT2D eigenvalue weighted by Crippen LogP contribution is -2.11. The van der Waals surface area contributed by atoms with Crippen molar-refractivity contribution in [1.29, 1.82) is 0 Å². The van der Waals surface area contributed by atoms with E-state index in [0.29, 0.717) is 16.1 Å². The van der Waals surface area contributed by atoms with Crippen molar-refractivity contribution in [3.05, 3.63) is 58.1 Å². The number of rotatable bonds is 3. The van der Waals surface area contributed by atoms with Gasteiger partial charge in [-0.1, -0.05) is 59.6 Å². The molecule has 0 aliphatic rings. The molecule has 94 valence electrons. The van der Waals surface area contributed by atoms with Gasteiger partial charge in [0.2, 0.25) is 0 Å². The van der Waals surface area contributed by atoms with Crippen molar-refractivity contribution in [1.82, 2.24) is 5.32 Å². The van der Waals surface area contributed by atoms with E-state index in [-0.39, 0.29) is 0 Å². The molecule has 0 aromatic heterocycles. The Morgan fingerprint density at radius 1 is 1.00 bits per heavy atom. The van der Waals surface area contributed by atoms with E-state index in [4.69, 9.17) is 23.2 Å². The maximum atomic E-state index is 6.21. The number of benzene rings is 2. The van der Waals surface area contributed by atoms with E-state index < -0.39 is 0 Å². The third-order valence-corrected chi connectivity index (χ3v) is 3.93. The molecule has 1 atom stereocenters. The molecule has 0 bridgehead atoms. The molecule has 0 saturated carbocycles. The molecule has 0 aliphatic heterocycles. The van der Waals surface area contributed by atoms with Gasteiger partial charge in [-0.15, -0.1) is 0 Å². The minimum atomic E-state index is 0.342. The molecule has 2 rings (SSSR count). The standard InChI is InChI=1S/C15H15Cl2N/c1-10(18-2)11-6-8-12(9-7-11)13-4-3-5-14(16)15(13)17/h3-10,18H,1-2H3. The summed E-state index contributed by atoms with van der Waals surface area (Å²) in [5.74, 6) is 0. The predicted octanol–water partition coefficient (Wildman–Crippen LogP) is 4.94. The Labute approximate surface area is 118 Å². The summed E-state index contributed by atoms with van der Waals surface area (Å²) in [5, 5.41) is 4.40. The fraction of sp³-hybridized carbons (Fsp3) is 0.200. The lowest BCUT2D eigenvalue weighted by Gasteiger charge is -2.12. The minimum absolute atomic E-state index is 0.342. The average molecular weight is 280 g/mol. The Morgan fingerprint density at radius 2 is 1.67 bits per heavy atom. The first-order valence-corrected chi connectivity index (χ1v) is 6.60. The first-order chi connectivity index (χ1) is 8.63. The summed E-state index contributed by atoms with van der Waals surface area (Å²) >= 11 is 12.2. The molecule has 1 N–H and O–H groups in total. The quantitative estimate of drug-likeness (QED) is 0.839. The van der Waals surface area contributed by atoms with Gasteiger partial charge < -0.3 is 5.32 Å². The molecule has 18 heavy (non-hydrogen) atoms. The summed E-state index contributed by atoms with van der Waals surface area (Å²) < 4.78 is 0. The lowest BCUT2D eigenvalue weighted by molar-refractivity contribution is 0.652. The van der Waals surface area contributed by atoms with Gasteiger partial charge in [0, 0.05) is 11.6 Å². The zero-order chi connectivity index (χ0) is 13.1. The molecule has 0 heterocycles. The Bertz CT molecular complexity index is 535. The van der Waals surface area contributed by atoms with Gasteiger partial charge in [-0.05, 0) is 31.2 Å². The number of hydrogen-bond donors (Lipinski definition) is 1. The van der Waals surface area contributed by atoms with Crippen LogP contribution in [0.3, 0.4) is 0 Å². The van der Waals surface area contributed by atoms with E-state index in [0.717, 1.165) is 11.1 Å². The molecule has 0 saturated heterocycles. The van der Waals surface area contributed by atoms with Crippen LogP contribution in [0.15, 0.2) is 42.5 Å². The second kappa shape index (κ2) is 5.75. The number of halogens is 2. The molecule has 3 heteroatoms. The van der Waals surface area contributed by atoms with Crippen molar-refractivity contribution < 1.29 is 0 Å². The molecular weight excluding hydrogens is 265 g/mol. The molecule has 0 radical (unpaired) electrons. The molecule has 2 aromatic rings.